The lowest BCUT2D eigenvalue weighted by Gasteiger charge is -2.04. The molecule has 0 spiro atoms. The van der Waals surface area contributed by atoms with E-state index in [1.807, 2.05) is 25.1 Å². The molecule has 0 aromatic heterocycles. The minimum atomic E-state index is -0.220. The van der Waals surface area contributed by atoms with Crippen molar-refractivity contribution in [2.45, 2.75) is 26.7 Å². The second-order valence-electron chi connectivity index (χ2n) is 3.19. The van der Waals surface area contributed by atoms with Crippen LogP contribution in [0.5, 0.6) is 0 Å². The molecule has 2 nitrogen and oxygen atoms in total. The van der Waals surface area contributed by atoms with Crippen LogP contribution >= 0.6 is 0 Å². The van der Waals surface area contributed by atoms with Crippen molar-refractivity contribution < 1.29 is 9.53 Å². The second kappa shape index (κ2) is 5.43. The number of carbonyl (C=O) groups is 1. The smallest absolute Gasteiger partial charge is 0.338 e. The fraction of sp³-hybridized carbons (Fsp3) is 0.417. The van der Waals surface area contributed by atoms with Gasteiger partial charge in [-0.05, 0) is 30.5 Å². The number of esters is 1. The highest BCUT2D eigenvalue weighted by Crippen LogP contribution is 2.07. The third-order valence-corrected chi connectivity index (χ3v) is 2.01. The Kier molecular flexibility index (Phi) is 4.17. The van der Waals surface area contributed by atoms with Crippen LogP contribution in [0.3, 0.4) is 0 Å². The molecular weight excluding hydrogens is 176 g/mol. The molecule has 1 rings (SSSR count). The Hall–Kier alpha value is -1.31. The van der Waals surface area contributed by atoms with Gasteiger partial charge in [-0.3, -0.25) is 0 Å². The van der Waals surface area contributed by atoms with Gasteiger partial charge in [0.15, 0.2) is 0 Å². The van der Waals surface area contributed by atoms with E-state index in [4.69, 9.17) is 4.74 Å². The molecule has 0 aliphatic rings. The lowest BCUT2D eigenvalue weighted by molar-refractivity contribution is 0.0505. The molecule has 0 amide bonds. The maximum absolute atomic E-state index is 11.4. The van der Waals surface area contributed by atoms with Crippen LogP contribution in [0.2, 0.25) is 0 Å². The Bertz CT molecular complexity index is 305. The largest absolute Gasteiger partial charge is 0.462 e. The summed E-state index contributed by atoms with van der Waals surface area (Å²) in [6, 6.07) is 7.58. The van der Waals surface area contributed by atoms with Crippen molar-refractivity contribution in [1.82, 2.24) is 0 Å². The molecule has 0 fully saturated rings. The molecule has 0 heterocycles. The Morgan fingerprint density at radius 1 is 1.36 bits per heavy atom. The van der Waals surface area contributed by atoms with Gasteiger partial charge >= 0.3 is 5.97 Å². The van der Waals surface area contributed by atoms with Crippen molar-refractivity contribution in [3.8, 4) is 0 Å². The summed E-state index contributed by atoms with van der Waals surface area (Å²) >= 11 is 0. The summed E-state index contributed by atoms with van der Waals surface area (Å²) < 4.78 is 5.04. The van der Waals surface area contributed by atoms with Gasteiger partial charge in [-0.15, -0.1) is 0 Å². The fourth-order valence-electron chi connectivity index (χ4n) is 1.20. The van der Waals surface area contributed by atoms with E-state index in [2.05, 4.69) is 6.92 Å². The van der Waals surface area contributed by atoms with Gasteiger partial charge in [-0.2, -0.15) is 0 Å². The molecule has 2 heteroatoms. The average Bonchev–Trinajstić information content (AvgIpc) is 2.26. The monoisotopic (exact) mass is 192 g/mol. The van der Waals surface area contributed by atoms with Gasteiger partial charge in [0.05, 0.1) is 12.2 Å². The molecular formula is C12H16O2. The first-order valence-electron chi connectivity index (χ1n) is 5.04. The second-order valence-corrected chi connectivity index (χ2v) is 3.19. The van der Waals surface area contributed by atoms with Gasteiger partial charge in [0.2, 0.25) is 0 Å². The summed E-state index contributed by atoms with van der Waals surface area (Å²) in [6.07, 6.45) is 1.80. The molecule has 0 radical (unpaired) electrons. The maximum Gasteiger partial charge on any atom is 0.338 e. The number of carbonyl (C=O) groups excluding carboxylic acids is 1. The number of aryl methyl sites for hydroxylation is 1. The Morgan fingerprint density at radius 3 is 2.79 bits per heavy atom. The minimum Gasteiger partial charge on any atom is -0.462 e. The van der Waals surface area contributed by atoms with Gasteiger partial charge in [0.1, 0.15) is 0 Å². The van der Waals surface area contributed by atoms with E-state index in [1.165, 1.54) is 0 Å². The molecule has 0 saturated heterocycles. The van der Waals surface area contributed by atoms with Crippen LogP contribution < -0.4 is 0 Å². The first kappa shape index (κ1) is 10.8. The molecule has 0 aliphatic heterocycles. The highest BCUT2D eigenvalue weighted by atomic mass is 16.5. The van der Waals surface area contributed by atoms with Gasteiger partial charge in [-0.1, -0.05) is 26.0 Å². The summed E-state index contributed by atoms with van der Waals surface area (Å²) in [6.45, 7) is 4.54. The number of benzene rings is 1. The van der Waals surface area contributed by atoms with Crippen molar-refractivity contribution in [2.24, 2.45) is 0 Å². The lowest BCUT2D eigenvalue weighted by Crippen LogP contribution is -2.06. The number of rotatable bonds is 4. The first-order chi connectivity index (χ1) is 6.77. The van der Waals surface area contributed by atoms with Crippen LogP contribution in [0.1, 0.15) is 36.2 Å². The Balaban J connectivity index is 2.69. The van der Waals surface area contributed by atoms with Crippen molar-refractivity contribution in [3.05, 3.63) is 35.4 Å². The van der Waals surface area contributed by atoms with E-state index in [-0.39, 0.29) is 5.97 Å². The van der Waals surface area contributed by atoms with E-state index in [1.54, 1.807) is 6.07 Å². The van der Waals surface area contributed by atoms with Crippen molar-refractivity contribution in [2.75, 3.05) is 6.61 Å². The zero-order chi connectivity index (χ0) is 10.4. The quantitative estimate of drug-likeness (QED) is 0.686. The number of hydrogen-bond donors (Lipinski definition) is 0. The highest BCUT2D eigenvalue weighted by molar-refractivity contribution is 5.89. The van der Waals surface area contributed by atoms with E-state index < -0.39 is 0 Å². The van der Waals surface area contributed by atoms with Crippen molar-refractivity contribution in [1.29, 1.82) is 0 Å². The van der Waals surface area contributed by atoms with Gasteiger partial charge in [-0.25, -0.2) is 4.79 Å². The van der Waals surface area contributed by atoms with E-state index in [9.17, 15) is 4.79 Å². The molecule has 76 valence electrons. The van der Waals surface area contributed by atoms with E-state index in [0.717, 1.165) is 18.4 Å². The Labute approximate surface area is 84.9 Å². The molecule has 0 atom stereocenters. The standard InChI is InChI=1S/C12H16O2/c1-3-8-14-12(13)11-7-5-6-10(4-2)9-11/h5-7,9H,3-4,8H2,1-2H3. The highest BCUT2D eigenvalue weighted by Gasteiger charge is 2.05. The van der Waals surface area contributed by atoms with Crippen molar-refractivity contribution >= 4 is 5.97 Å². The third kappa shape index (κ3) is 2.87. The third-order valence-electron chi connectivity index (χ3n) is 2.01. The maximum atomic E-state index is 11.4. The van der Waals surface area contributed by atoms with E-state index >= 15 is 0 Å². The Morgan fingerprint density at radius 2 is 2.14 bits per heavy atom. The molecule has 0 bridgehead atoms. The summed E-state index contributed by atoms with van der Waals surface area (Å²) in [5.41, 5.74) is 1.81. The number of ether oxygens (including phenoxy) is 1. The molecule has 1 aromatic rings. The fourth-order valence-corrected chi connectivity index (χ4v) is 1.20. The summed E-state index contributed by atoms with van der Waals surface area (Å²) in [7, 11) is 0. The van der Waals surface area contributed by atoms with Crippen LogP contribution in [0.15, 0.2) is 24.3 Å². The summed E-state index contributed by atoms with van der Waals surface area (Å²) in [4.78, 5) is 11.4. The van der Waals surface area contributed by atoms with Crippen LogP contribution in [-0.2, 0) is 11.2 Å². The zero-order valence-corrected chi connectivity index (χ0v) is 8.75. The average molecular weight is 192 g/mol. The van der Waals surface area contributed by atoms with Gasteiger partial charge in [0.25, 0.3) is 0 Å². The molecule has 0 N–H and O–H groups in total. The number of hydrogen-bond acceptors (Lipinski definition) is 2. The van der Waals surface area contributed by atoms with Crippen LogP contribution in [-0.4, -0.2) is 12.6 Å². The summed E-state index contributed by atoms with van der Waals surface area (Å²) in [5.74, 6) is -0.220. The molecule has 14 heavy (non-hydrogen) atoms. The van der Waals surface area contributed by atoms with Gasteiger partial charge < -0.3 is 4.74 Å². The van der Waals surface area contributed by atoms with Gasteiger partial charge in [0, 0.05) is 0 Å². The first-order valence-corrected chi connectivity index (χ1v) is 5.04. The van der Waals surface area contributed by atoms with Crippen LogP contribution in [0.4, 0.5) is 0 Å². The predicted octanol–water partition coefficient (Wildman–Crippen LogP) is 2.82. The van der Waals surface area contributed by atoms with Crippen LogP contribution in [0.25, 0.3) is 0 Å². The van der Waals surface area contributed by atoms with Crippen LogP contribution in [0, 0.1) is 0 Å². The molecule has 0 saturated carbocycles. The molecule has 0 aliphatic carbocycles. The topological polar surface area (TPSA) is 26.3 Å². The molecule has 0 unspecified atom stereocenters. The normalized spacial score (nSPS) is 9.86. The summed E-state index contributed by atoms with van der Waals surface area (Å²) in [5, 5.41) is 0. The van der Waals surface area contributed by atoms with E-state index in [0.29, 0.717) is 12.2 Å². The van der Waals surface area contributed by atoms with Crippen molar-refractivity contribution in [3.63, 3.8) is 0 Å². The molecule has 1 aromatic carbocycles. The SMILES string of the molecule is CCCOC(=O)c1cccc(CC)c1. The minimum absolute atomic E-state index is 0.220. The lowest BCUT2D eigenvalue weighted by atomic mass is 10.1. The zero-order valence-electron chi connectivity index (χ0n) is 8.75. The predicted molar refractivity (Wildman–Crippen MR) is 56.4 cm³/mol.